The van der Waals surface area contributed by atoms with Crippen LogP contribution in [-0.2, 0) is 65.4 Å². The molecule has 0 saturated heterocycles. The largest absolute Gasteiger partial charge is 0.472 e. The highest BCUT2D eigenvalue weighted by molar-refractivity contribution is 7.47. The second-order valence-electron chi connectivity index (χ2n) is 29.5. The molecule has 97 heavy (non-hydrogen) atoms. The summed E-state index contributed by atoms with van der Waals surface area (Å²) in [6, 6.07) is 0. The Kier molecular flexibility index (Phi) is 67.1. The number of hydrogen-bond acceptors (Lipinski definition) is 15. The van der Waals surface area contributed by atoms with E-state index in [9.17, 15) is 43.2 Å². The van der Waals surface area contributed by atoms with E-state index < -0.39 is 97.5 Å². The number of hydrogen-bond donors (Lipinski definition) is 3. The maximum Gasteiger partial charge on any atom is 0.472 e. The van der Waals surface area contributed by atoms with E-state index in [-0.39, 0.29) is 25.7 Å². The number of aliphatic hydroxyl groups is 1. The van der Waals surface area contributed by atoms with E-state index in [0.29, 0.717) is 31.6 Å². The van der Waals surface area contributed by atoms with Crippen LogP contribution >= 0.6 is 15.6 Å². The fourth-order valence-electron chi connectivity index (χ4n) is 12.0. The van der Waals surface area contributed by atoms with Crippen LogP contribution in [0.3, 0.4) is 0 Å². The molecule has 5 atom stereocenters. The molecule has 0 aliphatic rings. The van der Waals surface area contributed by atoms with Crippen molar-refractivity contribution in [3.63, 3.8) is 0 Å². The van der Waals surface area contributed by atoms with Crippen LogP contribution in [0, 0.1) is 17.8 Å². The SMILES string of the molecule is CCCCCCCCCCCC(=O)OC[C@H](COP(=O)(O)OC[C@H](O)COP(=O)(O)OC[C@@H](COC(=O)CCCCCCCCCCCCCCCCC(C)C)OC(=O)CCCCCCCCCCCCCCCCCCCCC(C)C)OC(=O)CCCCCCCCCC(C)C. The van der Waals surface area contributed by atoms with Gasteiger partial charge in [-0.25, -0.2) is 9.13 Å². The highest BCUT2D eigenvalue weighted by Crippen LogP contribution is 2.45. The fourth-order valence-corrected chi connectivity index (χ4v) is 13.5. The first-order chi connectivity index (χ1) is 46.7. The number of carbonyl (C=O) groups excluding carboxylic acids is 4. The average Bonchev–Trinajstić information content (AvgIpc) is 1.99. The standard InChI is InChI=1S/C78H152O17P2/c1-8-9-10-11-12-29-38-45-52-59-75(80)88-66-74(95-78(83)62-55-48-41-34-37-44-51-58-71(6)7)68-93-97(86,87)91-64-72(79)63-90-96(84,85)92-67-73(65-89-76(81)60-53-46-39-32-27-23-20-19-22-26-31-36-43-50-57-70(4)5)94-77(82)61-54-47-40-33-28-24-18-16-14-13-15-17-21-25-30-35-42-49-56-69(2)3/h69-74,79H,8-68H2,1-7H3,(H,84,85)(H,86,87)/t72-,73-,74-/m1/s1. The molecule has 0 amide bonds. The van der Waals surface area contributed by atoms with Crippen molar-refractivity contribution in [3.05, 3.63) is 0 Å². The number of rotatable bonds is 76. The van der Waals surface area contributed by atoms with Crippen molar-refractivity contribution in [1.82, 2.24) is 0 Å². The molecule has 0 aliphatic heterocycles. The van der Waals surface area contributed by atoms with Crippen molar-refractivity contribution >= 4 is 39.5 Å². The van der Waals surface area contributed by atoms with Gasteiger partial charge in [-0.1, -0.05) is 350 Å². The van der Waals surface area contributed by atoms with E-state index >= 15 is 0 Å². The highest BCUT2D eigenvalue weighted by atomic mass is 31.2. The van der Waals surface area contributed by atoms with Crippen molar-refractivity contribution < 1.29 is 80.2 Å². The monoisotopic (exact) mass is 1420 g/mol. The molecule has 19 heteroatoms. The Morgan fingerprint density at radius 1 is 0.278 bits per heavy atom. The second kappa shape index (κ2) is 68.5. The van der Waals surface area contributed by atoms with Crippen LogP contribution < -0.4 is 0 Å². The van der Waals surface area contributed by atoms with Crippen molar-refractivity contribution in [2.75, 3.05) is 39.6 Å². The van der Waals surface area contributed by atoms with Crippen molar-refractivity contribution in [1.29, 1.82) is 0 Å². The number of esters is 4. The van der Waals surface area contributed by atoms with Gasteiger partial charge in [-0.3, -0.25) is 37.3 Å². The molecule has 0 fully saturated rings. The Balaban J connectivity index is 5.19. The van der Waals surface area contributed by atoms with E-state index in [4.69, 9.17) is 37.0 Å². The Bertz CT molecular complexity index is 1890. The van der Waals surface area contributed by atoms with E-state index in [1.807, 2.05) is 0 Å². The lowest BCUT2D eigenvalue weighted by molar-refractivity contribution is -0.161. The zero-order valence-electron chi connectivity index (χ0n) is 63.5. The van der Waals surface area contributed by atoms with Crippen LogP contribution in [0.4, 0.5) is 0 Å². The van der Waals surface area contributed by atoms with Gasteiger partial charge in [0.25, 0.3) is 0 Å². The maximum absolute atomic E-state index is 13.1. The first-order valence-corrected chi connectivity index (χ1v) is 43.3. The summed E-state index contributed by atoms with van der Waals surface area (Å²) in [7, 11) is -9.91. The topological polar surface area (TPSA) is 237 Å². The molecule has 0 saturated carbocycles. The van der Waals surface area contributed by atoms with Gasteiger partial charge >= 0.3 is 39.5 Å². The first kappa shape index (κ1) is 95.1. The van der Waals surface area contributed by atoms with Crippen molar-refractivity contribution in [2.24, 2.45) is 17.8 Å². The molecule has 0 radical (unpaired) electrons. The molecule has 2 unspecified atom stereocenters. The van der Waals surface area contributed by atoms with Gasteiger partial charge < -0.3 is 33.8 Å². The summed E-state index contributed by atoms with van der Waals surface area (Å²) in [6.07, 6.45) is 55.7. The number of carbonyl (C=O) groups is 4. The van der Waals surface area contributed by atoms with Gasteiger partial charge in [0.05, 0.1) is 26.4 Å². The minimum absolute atomic E-state index is 0.103. The van der Waals surface area contributed by atoms with E-state index in [2.05, 4.69) is 48.5 Å². The molecule has 576 valence electrons. The van der Waals surface area contributed by atoms with Gasteiger partial charge in [0.2, 0.25) is 0 Å². The lowest BCUT2D eigenvalue weighted by Gasteiger charge is -2.21. The molecular weight excluding hydrogens is 1270 g/mol. The molecule has 0 aliphatic carbocycles. The molecule has 0 aromatic heterocycles. The molecule has 17 nitrogen and oxygen atoms in total. The summed E-state index contributed by atoms with van der Waals surface area (Å²) < 4.78 is 68.5. The second-order valence-corrected chi connectivity index (χ2v) is 32.4. The minimum Gasteiger partial charge on any atom is -0.462 e. The average molecular weight is 1420 g/mol. The Hall–Kier alpha value is -1.94. The fraction of sp³-hybridized carbons (Fsp3) is 0.949. The molecule has 0 heterocycles. The number of phosphoric ester groups is 2. The summed E-state index contributed by atoms with van der Waals surface area (Å²) in [6.45, 7) is 11.9. The van der Waals surface area contributed by atoms with Gasteiger partial charge in [0.15, 0.2) is 12.2 Å². The number of aliphatic hydroxyl groups excluding tert-OH is 1. The van der Waals surface area contributed by atoms with Gasteiger partial charge in [-0.2, -0.15) is 0 Å². The molecule has 0 rings (SSSR count). The third kappa shape index (κ3) is 72.2. The Morgan fingerprint density at radius 3 is 0.701 bits per heavy atom. The quantitative estimate of drug-likeness (QED) is 0.0222. The Morgan fingerprint density at radius 2 is 0.474 bits per heavy atom. The van der Waals surface area contributed by atoms with Crippen LogP contribution in [0.25, 0.3) is 0 Å². The molecular formula is C78H152O17P2. The van der Waals surface area contributed by atoms with E-state index in [0.717, 1.165) is 102 Å². The van der Waals surface area contributed by atoms with Crippen LogP contribution in [0.15, 0.2) is 0 Å². The summed E-state index contributed by atoms with van der Waals surface area (Å²) in [5.74, 6) is 0.196. The molecule has 0 aromatic rings. The minimum atomic E-state index is -4.96. The molecule has 3 N–H and O–H groups in total. The molecule has 0 spiro atoms. The summed E-state index contributed by atoms with van der Waals surface area (Å²) in [4.78, 5) is 72.8. The van der Waals surface area contributed by atoms with Crippen molar-refractivity contribution in [3.8, 4) is 0 Å². The van der Waals surface area contributed by atoms with E-state index in [1.54, 1.807) is 0 Å². The number of phosphoric acid groups is 2. The maximum atomic E-state index is 13.1. The van der Waals surface area contributed by atoms with Crippen LogP contribution in [0.5, 0.6) is 0 Å². The smallest absolute Gasteiger partial charge is 0.462 e. The zero-order chi connectivity index (χ0) is 71.6. The molecule has 0 bridgehead atoms. The van der Waals surface area contributed by atoms with Gasteiger partial charge in [-0.05, 0) is 43.4 Å². The van der Waals surface area contributed by atoms with Crippen LogP contribution in [0.1, 0.15) is 402 Å². The number of unbranched alkanes of at least 4 members (excludes halogenated alkanes) is 44. The summed E-state index contributed by atoms with van der Waals surface area (Å²) in [5.41, 5.74) is 0. The van der Waals surface area contributed by atoms with Gasteiger partial charge in [0.1, 0.15) is 19.3 Å². The third-order valence-electron chi connectivity index (χ3n) is 18.1. The van der Waals surface area contributed by atoms with Gasteiger partial charge in [0, 0.05) is 25.7 Å². The third-order valence-corrected chi connectivity index (χ3v) is 20.0. The summed E-state index contributed by atoms with van der Waals surface area (Å²) >= 11 is 0. The predicted octanol–water partition coefficient (Wildman–Crippen LogP) is 23.0. The lowest BCUT2D eigenvalue weighted by Crippen LogP contribution is -2.30. The van der Waals surface area contributed by atoms with Gasteiger partial charge in [-0.15, -0.1) is 0 Å². The van der Waals surface area contributed by atoms with Crippen LogP contribution in [-0.4, -0.2) is 96.7 Å². The highest BCUT2D eigenvalue weighted by Gasteiger charge is 2.30. The van der Waals surface area contributed by atoms with Crippen LogP contribution in [0.2, 0.25) is 0 Å². The Labute approximate surface area is 594 Å². The molecule has 0 aromatic carbocycles. The lowest BCUT2D eigenvalue weighted by atomic mass is 10.0. The normalized spacial score (nSPS) is 14.0. The van der Waals surface area contributed by atoms with E-state index in [1.165, 1.54) is 212 Å². The number of ether oxygens (including phenoxy) is 4. The predicted molar refractivity (Wildman–Crippen MR) is 395 cm³/mol. The van der Waals surface area contributed by atoms with Crippen molar-refractivity contribution in [2.45, 2.75) is 420 Å². The summed E-state index contributed by atoms with van der Waals surface area (Å²) in [5, 5.41) is 10.6. The first-order valence-electron chi connectivity index (χ1n) is 40.3. The zero-order valence-corrected chi connectivity index (χ0v) is 65.3.